The van der Waals surface area contributed by atoms with Crippen LogP contribution in [-0.2, 0) is 11.3 Å². The lowest BCUT2D eigenvalue weighted by atomic mass is 9.87. The Hall–Kier alpha value is -3.13. The minimum atomic E-state index is -0.360. The summed E-state index contributed by atoms with van der Waals surface area (Å²) in [6.07, 6.45) is 15.8. The molecule has 1 aliphatic heterocycles. The fourth-order valence-corrected chi connectivity index (χ4v) is 3.79. The highest BCUT2D eigenvalue weighted by atomic mass is 19.1. The summed E-state index contributed by atoms with van der Waals surface area (Å²) in [6, 6.07) is 9.63. The third-order valence-corrected chi connectivity index (χ3v) is 5.73. The number of ether oxygens (including phenoxy) is 1. The number of halogens is 2. The molecule has 3 nitrogen and oxygen atoms in total. The highest BCUT2D eigenvalue weighted by Crippen LogP contribution is 2.30. The van der Waals surface area contributed by atoms with Gasteiger partial charge in [0.15, 0.2) is 0 Å². The van der Waals surface area contributed by atoms with E-state index in [4.69, 9.17) is 11.2 Å². The Morgan fingerprint density at radius 1 is 1.26 bits per heavy atom. The van der Waals surface area contributed by atoms with Crippen molar-refractivity contribution in [2.75, 3.05) is 7.05 Å². The zero-order valence-electron chi connectivity index (χ0n) is 20.5. The second-order valence-corrected chi connectivity index (χ2v) is 8.37. The predicted octanol–water partition coefficient (Wildman–Crippen LogP) is 7.56. The van der Waals surface area contributed by atoms with Gasteiger partial charge in [0.2, 0.25) is 0 Å². The zero-order chi connectivity index (χ0) is 24.8. The molecule has 1 aromatic carbocycles. The lowest BCUT2D eigenvalue weighted by Gasteiger charge is -2.20. The maximum atomic E-state index is 14.9. The van der Waals surface area contributed by atoms with E-state index < -0.39 is 0 Å². The van der Waals surface area contributed by atoms with Crippen molar-refractivity contribution in [3.8, 4) is 12.3 Å². The summed E-state index contributed by atoms with van der Waals surface area (Å²) in [4.78, 5) is 4.38. The molecule has 182 valence electrons. The van der Waals surface area contributed by atoms with Crippen molar-refractivity contribution in [1.82, 2.24) is 5.32 Å². The fraction of sp³-hybridized carbons (Fsp3) is 0.414. The van der Waals surface area contributed by atoms with E-state index in [1.807, 2.05) is 56.3 Å². The quantitative estimate of drug-likeness (QED) is 0.240. The molecule has 2 unspecified atom stereocenters. The maximum absolute atomic E-state index is 14.9. The number of rotatable bonds is 13. The van der Waals surface area contributed by atoms with Crippen molar-refractivity contribution >= 4 is 6.21 Å². The molecule has 0 fully saturated rings. The monoisotopic (exact) mass is 466 g/mol. The largest absolute Gasteiger partial charge is 0.491 e. The molecule has 34 heavy (non-hydrogen) atoms. The average Bonchev–Trinajstić information content (AvgIpc) is 3.10. The van der Waals surface area contributed by atoms with Crippen molar-refractivity contribution in [1.29, 1.82) is 0 Å². The number of aliphatic imine (C=N–C) groups is 1. The van der Waals surface area contributed by atoms with Gasteiger partial charge in [-0.05, 0) is 42.9 Å². The Morgan fingerprint density at radius 2 is 2.03 bits per heavy atom. The molecule has 0 saturated carbocycles. The summed E-state index contributed by atoms with van der Waals surface area (Å²) in [5.74, 6) is 2.75. The molecule has 5 heteroatoms. The van der Waals surface area contributed by atoms with Crippen molar-refractivity contribution < 1.29 is 13.5 Å². The van der Waals surface area contributed by atoms with Crippen molar-refractivity contribution in [2.24, 2.45) is 16.8 Å². The van der Waals surface area contributed by atoms with Crippen molar-refractivity contribution in [2.45, 2.75) is 59.0 Å². The normalized spacial score (nSPS) is 16.4. The number of hydrogen-bond acceptors (Lipinski definition) is 3. The van der Waals surface area contributed by atoms with Gasteiger partial charge >= 0.3 is 0 Å². The van der Waals surface area contributed by atoms with Gasteiger partial charge in [-0.2, -0.15) is 0 Å². The van der Waals surface area contributed by atoms with Gasteiger partial charge in [0.25, 0.3) is 0 Å². The highest BCUT2D eigenvalue weighted by Gasteiger charge is 2.21. The fourth-order valence-electron chi connectivity index (χ4n) is 3.79. The van der Waals surface area contributed by atoms with Crippen LogP contribution in [0.1, 0.15) is 57.9 Å². The molecular weight excluding hydrogens is 430 g/mol. The molecule has 1 aliphatic rings. The summed E-state index contributed by atoms with van der Waals surface area (Å²) < 4.78 is 35.3. The van der Waals surface area contributed by atoms with E-state index in [0.717, 1.165) is 17.0 Å². The van der Waals surface area contributed by atoms with Gasteiger partial charge in [0.05, 0.1) is 5.83 Å². The van der Waals surface area contributed by atoms with Crippen LogP contribution >= 0.6 is 0 Å². The number of hydrogen-bond donors (Lipinski definition) is 1. The summed E-state index contributed by atoms with van der Waals surface area (Å²) >= 11 is 0. The van der Waals surface area contributed by atoms with Crippen LogP contribution in [0.4, 0.5) is 8.78 Å². The Bertz CT molecular complexity index is 968. The highest BCUT2D eigenvalue weighted by molar-refractivity contribution is 5.73. The van der Waals surface area contributed by atoms with E-state index in [1.54, 1.807) is 13.3 Å². The third kappa shape index (κ3) is 8.67. The van der Waals surface area contributed by atoms with Gasteiger partial charge in [0.1, 0.15) is 24.0 Å². The second-order valence-electron chi connectivity index (χ2n) is 8.37. The molecule has 0 saturated heterocycles. The lowest BCUT2D eigenvalue weighted by Crippen LogP contribution is -2.15. The first kappa shape index (κ1) is 27.1. The van der Waals surface area contributed by atoms with Crippen LogP contribution in [0.2, 0.25) is 0 Å². The van der Waals surface area contributed by atoms with Crippen molar-refractivity contribution in [3.63, 3.8) is 0 Å². The van der Waals surface area contributed by atoms with Crippen molar-refractivity contribution in [3.05, 3.63) is 82.9 Å². The number of allylic oxidation sites excluding steroid dienone is 7. The molecule has 0 bridgehead atoms. The minimum absolute atomic E-state index is 0.233. The standard InChI is InChI=1S/C29H36F2N2O/c1-5-13-27(31)28(34-21-23-14-8-7-9-15-23)18-12-17-26(30)22(3)20-24(6-2)25-16-10-11-19-33-29(25)32-4/h2,7-11,14-15,17,19,22,24,32H,5,12-13,16,18,20-21H2,1,3-4H3/b26-17+,28-27-. The molecule has 0 spiro atoms. The first-order valence-corrected chi connectivity index (χ1v) is 12.0. The summed E-state index contributed by atoms with van der Waals surface area (Å²) in [7, 11) is 1.80. The molecule has 1 N–H and O–H groups in total. The van der Waals surface area contributed by atoms with E-state index in [9.17, 15) is 8.78 Å². The number of nitrogens with one attached hydrogen (secondary N) is 1. The lowest BCUT2D eigenvalue weighted by molar-refractivity contribution is 0.176. The Kier molecular flexibility index (Phi) is 11.9. The molecule has 1 aromatic rings. The molecule has 0 aromatic heterocycles. The van der Waals surface area contributed by atoms with Crippen LogP contribution in [-0.4, -0.2) is 13.3 Å². The topological polar surface area (TPSA) is 33.6 Å². The van der Waals surface area contributed by atoms with E-state index in [2.05, 4.69) is 16.2 Å². The molecule has 2 atom stereocenters. The van der Waals surface area contributed by atoms with Gasteiger partial charge in [-0.1, -0.05) is 62.3 Å². The molecule has 0 amide bonds. The number of benzene rings is 1. The van der Waals surface area contributed by atoms with Crippen LogP contribution in [0.25, 0.3) is 0 Å². The number of nitrogens with zero attached hydrogens (tertiary/aromatic N) is 1. The van der Waals surface area contributed by atoms with E-state index in [0.29, 0.717) is 50.9 Å². The molecule has 0 radical (unpaired) electrons. The van der Waals surface area contributed by atoms with Gasteiger partial charge in [0, 0.05) is 37.9 Å². The first-order valence-electron chi connectivity index (χ1n) is 12.0. The van der Waals surface area contributed by atoms with Crippen LogP contribution in [0.5, 0.6) is 0 Å². The van der Waals surface area contributed by atoms with Gasteiger partial charge < -0.3 is 10.1 Å². The SMILES string of the molecule is C#CC(CC(C)/C(F)=C\CC/C(OCc1ccccc1)=C(/F)CCC)C1=C(NC)N=CC=CC1. The molecule has 2 rings (SSSR count). The molecular formula is C29H36F2N2O. The van der Waals surface area contributed by atoms with Crippen LogP contribution in [0, 0.1) is 24.2 Å². The Balaban J connectivity index is 2.01. The zero-order valence-corrected chi connectivity index (χ0v) is 20.5. The summed E-state index contributed by atoms with van der Waals surface area (Å²) in [5.41, 5.74) is 1.95. The second kappa shape index (κ2) is 14.9. The van der Waals surface area contributed by atoms with E-state index in [-0.39, 0.29) is 23.5 Å². The molecule has 1 heterocycles. The summed E-state index contributed by atoms with van der Waals surface area (Å²) in [6.45, 7) is 4.04. The van der Waals surface area contributed by atoms with Gasteiger partial charge in [-0.3, -0.25) is 0 Å². The maximum Gasteiger partial charge on any atom is 0.137 e. The van der Waals surface area contributed by atoms with Gasteiger partial charge in [-0.15, -0.1) is 6.42 Å². The van der Waals surface area contributed by atoms with E-state index in [1.165, 1.54) is 6.08 Å². The van der Waals surface area contributed by atoms with Gasteiger partial charge in [-0.25, -0.2) is 13.8 Å². The first-order chi connectivity index (χ1) is 16.5. The Labute approximate surface area is 203 Å². The third-order valence-electron chi connectivity index (χ3n) is 5.73. The minimum Gasteiger partial charge on any atom is -0.491 e. The molecule has 0 aliphatic carbocycles. The van der Waals surface area contributed by atoms with Crippen LogP contribution < -0.4 is 5.32 Å². The van der Waals surface area contributed by atoms with E-state index >= 15 is 0 Å². The average molecular weight is 467 g/mol. The smallest absolute Gasteiger partial charge is 0.137 e. The predicted molar refractivity (Wildman–Crippen MR) is 137 cm³/mol. The number of terminal acetylenes is 1. The summed E-state index contributed by atoms with van der Waals surface area (Å²) in [5, 5.41) is 3.09. The Morgan fingerprint density at radius 3 is 2.71 bits per heavy atom. The van der Waals surface area contributed by atoms with Crippen LogP contribution in [0.15, 0.2) is 82.4 Å². The van der Waals surface area contributed by atoms with Crippen LogP contribution in [0.3, 0.4) is 0 Å².